The van der Waals surface area contributed by atoms with Crippen molar-refractivity contribution in [2.24, 2.45) is 5.73 Å². The molecular formula is C11H13F3N2O2S. The van der Waals surface area contributed by atoms with Crippen molar-refractivity contribution in [3.05, 3.63) is 41.1 Å². The summed E-state index contributed by atoms with van der Waals surface area (Å²) >= 11 is 0. The lowest BCUT2D eigenvalue weighted by Crippen LogP contribution is -2.13. The van der Waals surface area contributed by atoms with Gasteiger partial charge in [-0.15, -0.1) is 0 Å². The van der Waals surface area contributed by atoms with Crippen LogP contribution in [0, 0.1) is 17.5 Å². The van der Waals surface area contributed by atoms with Crippen LogP contribution in [0.25, 0.3) is 0 Å². The van der Waals surface area contributed by atoms with E-state index in [1.807, 2.05) is 0 Å². The SMILES string of the molecule is C=CS(=O)(=O)Nc1c(F)cc(CCCN)c(F)c1F. The zero-order chi connectivity index (χ0) is 14.6. The Balaban J connectivity index is 3.22. The summed E-state index contributed by atoms with van der Waals surface area (Å²) in [5.74, 6) is -4.08. The fourth-order valence-corrected chi connectivity index (χ4v) is 1.95. The van der Waals surface area contributed by atoms with Crippen molar-refractivity contribution in [1.82, 2.24) is 0 Å². The van der Waals surface area contributed by atoms with E-state index in [-0.39, 0.29) is 18.5 Å². The second kappa shape index (κ2) is 6.07. The maximum absolute atomic E-state index is 13.6. The highest BCUT2D eigenvalue weighted by atomic mass is 32.2. The molecule has 3 N–H and O–H groups in total. The molecule has 0 heterocycles. The molecular weight excluding hydrogens is 281 g/mol. The molecule has 0 aromatic heterocycles. The topological polar surface area (TPSA) is 72.2 Å². The lowest BCUT2D eigenvalue weighted by molar-refractivity contribution is 0.488. The molecule has 1 rings (SSSR count). The van der Waals surface area contributed by atoms with E-state index in [9.17, 15) is 21.6 Å². The number of rotatable bonds is 6. The van der Waals surface area contributed by atoms with Gasteiger partial charge in [0.25, 0.3) is 10.0 Å². The van der Waals surface area contributed by atoms with E-state index < -0.39 is 33.2 Å². The molecule has 0 unspecified atom stereocenters. The highest BCUT2D eigenvalue weighted by Gasteiger charge is 2.21. The van der Waals surface area contributed by atoms with E-state index in [0.29, 0.717) is 11.8 Å². The predicted molar refractivity (Wildman–Crippen MR) is 66.4 cm³/mol. The third kappa shape index (κ3) is 3.71. The summed E-state index contributed by atoms with van der Waals surface area (Å²) in [5.41, 5.74) is 3.97. The van der Waals surface area contributed by atoms with Crippen LogP contribution in [-0.2, 0) is 16.4 Å². The molecule has 1 aromatic carbocycles. The molecule has 0 spiro atoms. The van der Waals surface area contributed by atoms with Crippen molar-refractivity contribution in [3.63, 3.8) is 0 Å². The van der Waals surface area contributed by atoms with E-state index in [1.54, 1.807) is 4.72 Å². The summed E-state index contributed by atoms with van der Waals surface area (Å²) in [6.07, 6.45) is 0.415. The normalized spacial score (nSPS) is 11.4. The van der Waals surface area contributed by atoms with Crippen LogP contribution in [0.15, 0.2) is 18.1 Å². The quantitative estimate of drug-likeness (QED) is 0.787. The number of anilines is 1. The van der Waals surface area contributed by atoms with Crippen molar-refractivity contribution < 1.29 is 21.6 Å². The number of nitrogens with two attached hydrogens (primary N) is 1. The van der Waals surface area contributed by atoms with Crippen molar-refractivity contribution >= 4 is 15.7 Å². The predicted octanol–water partition coefficient (Wildman–Crippen LogP) is 1.88. The molecule has 0 aliphatic rings. The monoisotopic (exact) mass is 294 g/mol. The summed E-state index contributed by atoms with van der Waals surface area (Å²) in [5, 5.41) is 0.464. The number of hydrogen-bond acceptors (Lipinski definition) is 3. The Morgan fingerprint density at radius 2 is 1.95 bits per heavy atom. The first-order chi connectivity index (χ1) is 8.82. The molecule has 0 saturated carbocycles. The van der Waals surface area contributed by atoms with Crippen LogP contribution in [-0.4, -0.2) is 15.0 Å². The maximum atomic E-state index is 13.6. The van der Waals surface area contributed by atoms with Gasteiger partial charge in [-0.2, -0.15) is 0 Å². The first-order valence-corrected chi connectivity index (χ1v) is 6.88. The van der Waals surface area contributed by atoms with E-state index in [4.69, 9.17) is 5.73 Å². The minimum Gasteiger partial charge on any atom is -0.330 e. The van der Waals surface area contributed by atoms with Gasteiger partial charge in [0.15, 0.2) is 17.5 Å². The molecule has 0 atom stereocenters. The molecule has 1 aromatic rings. The van der Waals surface area contributed by atoms with Crippen LogP contribution in [0.2, 0.25) is 0 Å². The van der Waals surface area contributed by atoms with Crippen LogP contribution in [0.1, 0.15) is 12.0 Å². The van der Waals surface area contributed by atoms with Crippen LogP contribution in [0.3, 0.4) is 0 Å². The number of benzene rings is 1. The minimum atomic E-state index is -4.12. The Hall–Kier alpha value is -1.54. The first kappa shape index (κ1) is 15.5. The highest BCUT2D eigenvalue weighted by molar-refractivity contribution is 7.95. The van der Waals surface area contributed by atoms with Gasteiger partial charge < -0.3 is 5.73 Å². The largest absolute Gasteiger partial charge is 0.330 e. The number of hydrogen-bond donors (Lipinski definition) is 2. The highest BCUT2D eigenvalue weighted by Crippen LogP contribution is 2.26. The average molecular weight is 294 g/mol. The second-order valence-corrected chi connectivity index (χ2v) is 5.35. The van der Waals surface area contributed by atoms with Gasteiger partial charge in [-0.1, -0.05) is 6.58 Å². The molecule has 0 fully saturated rings. The lowest BCUT2D eigenvalue weighted by Gasteiger charge is -2.10. The van der Waals surface area contributed by atoms with Crippen molar-refractivity contribution in [1.29, 1.82) is 0 Å². The van der Waals surface area contributed by atoms with Crippen LogP contribution in [0.4, 0.5) is 18.9 Å². The lowest BCUT2D eigenvalue weighted by atomic mass is 10.1. The van der Waals surface area contributed by atoms with Gasteiger partial charge in [-0.25, -0.2) is 21.6 Å². The number of aryl methyl sites for hydroxylation is 1. The second-order valence-electron chi connectivity index (χ2n) is 3.73. The fraction of sp³-hybridized carbons (Fsp3) is 0.273. The van der Waals surface area contributed by atoms with Crippen molar-refractivity contribution in [2.75, 3.05) is 11.3 Å². The molecule has 4 nitrogen and oxygen atoms in total. The van der Waals surface area contributed by atoms with Crippen LogP contribution in [0.5, 0.6) is 0 Å². The summed E-state index contributed by atoms with van der Waals surface area (Å²) in [6, 6.07) is 0.745. The Morgan fingerprint density at radius 1 is 1.32 bits per heavy atom. The Bertz CT molecular complexity index is 588. The molecule has 0 bridgehead atoms. The van der Waals surface area contributed by atoms with E-state index in [2.05, 4.69) is 6.58 Å². The van der Waals surface area contributed by atoms with Crippen molar-refractivity contribution in [3.8, 4) is 0 Å². The third-order valence-electron chi connectivity index (χ3n) is 2.35. The molecule has 0 amide bonds. The zero-order valence-electron chi connectivity index (χ0n) is 9.92. The van der Waals surface area contributed by atoms with Gasteiger partial charge in [0.1, 0.15) is 5.69 Å². The van der Waals surface area contributed by atoms with Gasteiger partial charge in [-0.3, -0.25) is 4.72 Å². The van der Waals surface area contributed by atoms with Crippen LogP contribution < -0.4 is 10.5 Å². The van der Waals surface area contributed by atoms with Gasteiger partial charge in [-0.05, 0) is 31.0 Å². The summed E-state index contributed by atoms with van der Waals surface area (Å²) in [6.45, 7) is 3.21. The summed E-state index contributed by atoms with van der Waals surface area (Å²) in [7, 11) is -4.12. The minimum absolute atomic E-state index is 0.0602. The fourth-order valence-electron chi connectivity index (χ4n) is 1.40. The molecule has 0 aliphatic heterocycles. The maximum Gasteiger partial charge on any atom is 0.254 e. The summed E-state index contributed by atoms with van der Waals surface area (Å²) in [4.78, 5) is 0. The molecule has 0 aliphatic carbocycles. The van der Waals surface area contributed by atoms with E-state index >= 15 is 0 Å². The molecule has 106 valence electrons. The summed E-state index contributed by atoms with van der Waals surface area (Å²) < 4.78 is 64.6. The Labute approximate surface area is 109 Å². The van der Waals surface area contributed by atoms with E-state index in [1.165, 1.54) is 0 Å². The molecule has 8 heteroatoms. The number of nitrogens with one attached hydrogen (secondary N) is 1. The Kier molecular flexibility index (Phi) is 4.96. The molecule has 0 saturated heterocycles. The molecule has 19 heavy (non-hydrogen) atoms. The van der Waals surface area contributed by atoms with Gasteiger partial charge >= 0.3 is 0 Å². The van der Waals surface area contributed by atoms with Gasteiger partial charge in [0.05, 0.1) is 0 Å². The number of halogens is 3. The smallest absolute Gasteiger partial charge is 0.254 e. The third-order valence-corrected chi connectivity index (χ3v) is 3.28. The zero-order valence-corrected chi connectivity index (χ0v) is 10.7. The van der Waals surface area contributed by atoms with Crippen molar-refractivity contribution in [2.45, 2.75) is 12.8 Å². The van der Waals surface area contributed by atoms with Crippen LogP contribution >= 0.6 is 0 Å². The van der Waals surface area contributed by atoms with Gasteiger partial charge in [0, 0.05) is 5.41 Å². The number of sulfonamides is 1. The average Bonchev–Trinajstić information content (AvgIpc) is 2.37. The molecule has 0 radical (unpaired) electrons. The Morgan fingerprint density at radius 3 is 2.47 bits per heavy atom. The van der Waals surface area contributed by atoms with Gasteiger partial charge in [0.2, 0.25) is 0 Å². The first-order valence-electron chi connectivity index (χ1n) is 5.34. The van der Waals surface area contributed by atoms with E-state index in [0.717, 1.165) is 6.07 Å². The standard InChI is InChI=1S/C11H13F3N2O2S/c1-2-19(17,18)16-11-8(12)6-7(4-3-5-15)9(13)10(11)14/h2,6,16H,1,3-5,15H2.